The van der Waals surface area contributed by atoms with Crippen LogP contribution >= 0.6 is 47.0 Å². The molecule has 0 aliphatic rings. The molecule has 0 heterocycles. The molecule has 0 fully saturated rings. The number of rotatable bonds is 6. The topological polar surface area (TPSA) is 62.4 Å². The molecule has 0 saturated heterocycles. The molecule has 1 amide bonds. The van der Waals surface area contributed by atoms with Crippen LogP contribution < -0.4 is 20.7 Å². The van der Waals surface area contributed by atoms with Crippen LogP contribution in [-0.4, -0.2) is 27.6 Å². The standard InChI is InChI=1S/C19H20Cl3N3O2S/c1-3-27-14-10-8-13(9-11-14)23-18(28)25-17(19(20,21)22)24-16(26)15-7-5-4-6-12(15)2/h4-11,17H,3H2,1-2H3,(H,24,26)(H2,23,25,28)/t17-/m1/s1. The Hall–Kier alpha value is -1.73. The zero-order chi connectivity index (χ0) is 20.7. The summed E-state index contributed by atoms with van der Waals surface area (Å²) in [6.07, 6.45) is -1.05. The van der Waals surface area contributed by atoms with Gasteiger partial charge in [-0.1, -0.05) is 53.0 Å². The Labute approximate surface area is 184 Å². The first-order valence-electron chi connectivity index (χ1n) is 8.44. The monoisotopic (exact) mass is 459 g/mol. The average molecular weight is 461 g/mol. The van der Waals surface area contributed by atoms with Gasteiger partial charge in [0.05, 0.1) is 6.61 Å². The average Bonchev–Trinajstić information content (AvgIpc) is 2.62. The van der Waals surface area contributed by atoms with Crippen molar-refractivity contribution in [3.63, 3.8) is 0 Å². The SMILES string of the molecule is CCOc1ccc(NC(=S)N[C@@H](NC(=O)c2ccccc2C)C(Cl)(Cl)Cl)cc1. The van der Waals surface area contributed by atoms with Gasteiger partial charge < -0.3 is 20.7 Å². The Morgan fingerprint density at radius 3 is 2.32 bits per heavy atom. The zero-order valence-corrected chi connectivity index (χ0v) is 18.3. The predicted octanol–water partition coefficient (Wildman–Crippen LogP) is 4.81. The summed E-state index contributed by atoms with van der Waals surface area (Å²) < 4.78 is 3.56. The van der Waals surface area contributed by atoms with Crippen molar-refractivity contribution in [1.29, 1.82) is 0 Å². The van der Waals surface area contributed by atoms with Gasteiger partial charge in [-0.15, -0.1) is 0 Å². The smallest absolute Gasteiger partial charge is 0.253 e. The van der Waals surface area contributed by atoms with Crippen molar-refractivity contribution in [1.82, 2.24) is 10.6 Å². The van der Waals surface area contributed by atoms with Crippen LogP contribution in [0.5, 0.6) is 5.75 Å². The van der Waals surface area contributed by atoms with Gasteiger partial charge in [0, 0.05) is 11.3 Å². The Morgan fingerprint density at radius 2 is 1.75 bits per heavy atom. The molecule has 2 rings (SSSR count). The third kappa shape index (κ3) is 6.71. The fourth-order valence-corrected chi connectivity index (χ4v) is 2.90. The Bertz CT molecular complexity index is 826. The van der Waals surface area contributed by atoms with Gasteiger partial charge in [0.1, 0.15) is 11.9 Å². The van der Waals surface area contributed by atoms with Crippen molar-refractivity contribution in [3.8, 4) is 5.75 Å². The van der Waals surface area contributed by atoms with E-state index in [9.17, 15) is 4.79 Å². The summed E-state index contributed by atoms with van der Waals surface area (Å²) in [7, 11) is 0. The maximum absolute atomic E-state index is 12.6. The lowest BCUT2D eigenvalue weighted by atomic mass is 10.1. The number of anilines is 1. The highest BCUT2D eigenvalue weighted by Crippen LogP contribution is 2.29. The molecule has 0 bridgehead atoms. The molecule has 0 spiro atoms. The molecule has 0 unspecified atom stereocenters. The molecule has 5 nitrogen and oxygen atoms in total. The lowest BCUT2D eigenvalue weighted by Gasteiger charge is -2.28. The molecule has 9 heteroatoms. The number of carbonyl (C=O) groups is 1. The molecule has 0 aliphatic carbocycles. The van der Waals surface area contributed by atoms with Crippen LogP contribution in [0.15, 0.2) is 48.5 Å². The molecule has 3 N–H and O–H groups in total. The first-order valence-corrected chi connectivity index (χ1v) is 9.98. The second-order valence-corrected chi connectivity index (χ2v) is 8.60. The molecule has 0 saturated carbocycles. The highest BCUT2D eigenvalue weighted by atomic mass is 35.6. The number of aryl methyl sites for hydroxylation is 1. The highest BCUT2D eigenvalue weighted by molar-refractivity contribution is 7.80. The lowest BCUT2D eigenvalue weighted by Crippen LogP contribution is -2.56. The van der Waals surface area contributed by atoms with Crippen LogP contribution in [0.25, 0.3) is 0 Å². The van der Waals surface area contributed by atoms with Crippen molar-refractivity contribution >= 4 is 63.7 Å². The fourth-order valence-electron chi connectivity index (χ4n) is 2.34. The fraction of sp³-hybridized carbons (Fsp3) is 0.263. The molecule has 150 valence electrons. The maximum atomic E-state index is 12.6. The number of alkyl halides is 3. The quantitative estimate of drug-likeness (QED) is 0.328. The number of halogens is 3. The molecule has 2 aromatic rings. The van der Waals surface area contributed by atoms with Gasteiger partial charge in [-0.2, -0.15) is 0 Å². The first-order chi connectivity index (χ1) is 13.2. The normalized spacial score (nSPS) is 12.0. The van der Waals surface area contributed by atoms with E-state index in [1.807, 2.05) is 26.0 Å². The third-order valence-corrected chi connectivity index (χ3v) is 4.57. The van der Waals surface area contributed by atoms with Crippen LogP contribution in [0, 0.1) is 6.92 Å². The lowest BCUT2D eigenvalue weighted by molar-refractivity contribution is 0.0934. The molecule has 0 aliphatic heterocycles. The second-order valence-electron chi connectivity index (χ2n) is 5.82. The van der Waals surface area contributed by atoms with Gasteiger partial charge in [0.2, 0.25) is 3.79 Å². The number of ether oxygens (including phenoxy) is 1. The van der Waals surface area contributed by atoms with Gasteiger partial charge in [0.25, 0.3) is 5.91 Å². The summed E-state index contributed by atoms with van der Waals surface area (Å²) in [5.41, 5.74) is 2.00. The minimum absolute atomic E-state index is 0.186. The molecular formula is C19H20Cl3N3O2S. The summed E-state index contributed by atoms with van der Waals surface area (Å²) in [4.78, 5) is 12.6. The molecule has 2 aromatic carbocycles. The van der Waals surface area contributed by atoms with Gasteiger partial charge >= 0.3 is 0 Å². The number of carbonyl (C=O) groups excluding carboxylic acids is 1. The summed E-state index contributed by atoms with van der Waals surface area (Å²) in [5.74, 6) is 0.363. The molecular weight excluding hydrogens is 441 g/mol. The van der Waals surface area contributed by atoms with E-state index in [-0.39, 0.29) is 11.0 Å². The second kappa shape index (κ2) is 10.2. The minimum atomic E-state index is -1.83. The van der Waals surface area contributed by atoms with Crippen molar-refractivity contribution in [3.05, 3.63) is 59.7 Å². The van der Waals surface area contributed by atoms with Crippen LogP contribution in [0.1, 0.15) is 22.8 Å². The van der Waals surface area contributed by atoms with Gasteiger partial charge in [-0.25, -0.2) is 0 Å². The third-order valence-electron chi connectivity index (χ3n) is 3.69. The van der Waals surface area contributed by atoms with E-state index in [1.54, 1.807) is 36.4 Å². The van der Waals surface area contributed by atoms with Crippen LogP contribution in [0.3, 0.4) is 0 Å². The van der Waals surface area contributed by atoms with Gasteiger partial charge in [-0.05, 0) is 62.0 Å². The largest absolute Gasteiger partial charge is 0.494 e. The number of benzene rings is 2. The summed E-state index contributed by atoms with van der Waals surface area (Å²) in [5, 5.41) is 8.65. The Balaban J connectivity index is 2.04. The Morgan fingerprint density at radius 1 is 1.11 bits per heavy atom. The van der Waals surface area contributed by atoms with Crippen LogP contribution in [0.2, 0.25) is 0 Å². The number of thiocarbonyl (C=S) groups is 1. The first kappa shape index (κ1) is 22.6. The predicted molar refractivity (Wildman–Crippen MR) is 120 cm³/mol. The van der Waals surface area contributed by atoms with Gasteiger partial charge in [0.15, 0.2) is 5.11 Å². The van der Waals surface area contributed by atoms with Crippen LogP contribution in [0.4, 0.5) is 5.69 Å². The highest BCUT2D eigenvalue weighted by Gasteiger charge is 2.35. The van der Waals surface area contributed by atoms with Crippen molar-refractivity contribution in [2.75, 3.05) is 11.9 Å². The maximum Gasteiger partial charge on any atom is 0.253 e. The van der Waals surface area contributed by atoms with E-state index >= 15 is 0 Å². The minimum Gasteiger partial charge on any atom is -0.494 e. The number of hydrogen-bond donors (Lipinski definition) is 3. The summed E-state index contributed by atoms with van der Waals surface area (Å²) >= 11 is 23.3. The van der Waals surface area contributed by atoms with E-state index < -0.39 is 9.96 Å². The van der Waals surface area contributed by atoms with Gasteiger partial charge in [-0.3, -0.25) is 4.79 Å². The van der Waals surface area contributed by atoms with E-state index in [2.05, 4.69) is 16.0 Å². The summed E-state index contributed by atoms with van der Waals surface area (Å²) in [6.45, 7) is 4.32. The Kier molecular flexibility index (Phi) is 8.19. The van der Waals surface area contributed by atoms with Crippen molar-refractivity contribution < 1.29 is 9.53 Å². The number of hydrogen-bond acceptors (Lipinski definition) is 3. The van der Waals surface area contributed by atoms with Crippen LogP contribution in [-0.2, 0) is 0 Å². The number of nitrogens with one attached hydrogen (secondary N) is 3. The van der Waals surface area contributed by atoms with E-state index in [1.165, 1.54) is 0 Å². The molecule has 0 aromatic heterocycles. The number of amides is 1. The molecule has 1 atom stereocenters. The van der Waals surface area contributed by atoms with E-state index in [4.69, 9.17) is 51.8 Å². The van der Waals surface area contributed by atoms with Crippen molar-refractivity contribution in [2.24, 2.45) is 0 Å². The summed E-state index contributed by atoms with van der Waals surface area (Å²) in [6, 6.07) is 14.3. The molecule has 28 heavy (non-hydrogen) atoms. The van der Waals surface area contributed by atoms with E-state index in [0.29, 0.717) is 17.9 Å². The molecule has 0 radical (unpaired) electrons. The van der Waals surface area contributed by atoms with E-state index in [0.717, 1.165) is 11.3 Å². The zero-order valence-electron chi connectivity index (χ0n) is 15.3. The van der Waals surface area contributed by atoms with Crippen molar-refractivity contribution in [2.45, 2.75) is 23.8 Å².